The second-order valence-corrected chi connectivity index (χ2v) is 6.41. The van der Waals surface area contributed by atoms with E-state index in [4.69, 9.17) is 6.42 Å². The number of ketones is 1. The van der Waals surface area contributed by atoms with E-state index in [2.05, 4.69) is 26.8 Å². The Morgan fingerprint density at radius 3 is 2.95 bits per heavy atom. The summed E-state index contributed by atoms with van der Waals surface area (Å²) in [6.45, 7) is 0. The molecule has 3 rings (SSSR count). The zero-order valence-electron chi connectivity index (χ0n) is 9.81. The highest BCUT2D eigenvalue weighted by Crippen LogP contribution is 2.32. The third-order valence-electron chi connectivity index (χ3n) is 3.00. The zero-order chi connectivity index (χ0) is 13.4. The maximum absolute atomic E-state index is 12.5. The van der Waals surface area contributed by atoms with E-state index in [9.17, 15) is 4.79 Å². The molecule has 2 aromatic rings. The summed E-state index contributed by atoms with van der Waals surface area (Å²) in [4.78, 5) is 16.7. The quantitative estimate of drug-likeness (QED) is 0.621. The summed E-state index contributed by atoms with van der Waals surface area (Å²) in [6, 6.07) is 7.93. The molecule has 0 spiro atoms. The summed E-state index contributed by atoms with van der Waals surface area (Å²) in [5, 5.41) is 0.433. The second-order valence-electron chi connectivity index (χ2n) is 4.09. The van der Waals surface area contributed by atoms with Gasteiger partial charge in [-0.2, -0.15) is 0 Å². The predicted molar refractivity (Wildman–Crippen MR) is 80.2 cm³/mol. The minimum Gasteiger partial charge on any atom is -0.286 e. The van der Waals surface area contributed by atoms with Gasteiger partial charge in [0.2, 0.25) is 5.78 Å². The highest BCUT2D eigenvalue weighted by Gasteiger charge is 2.24. The van der Waals surface area contributed by atoms with Crippen molar-refractivity contribution < 1.29 is 4.79 Å². The maximum Gasteiger partial charge on any atom is 0.221 e. The van der Waals surface area contributed by atoms with Crippen molar-refractivity contribution in [1.82, 2.24) is 4.98 Å². The number of carbonyl (C=O) groups excluding carboxylic acids is 1. The van der Waals surface area contributed by atoms with Crippen molar-refractivity contribution in [3.05, 3.63) is 56.0 Å². The van der Waals surface area contributed by atoms with Crippen LogP contribution in [0.25, 0.3) is 5.57 Å². The first-order chi connectivity index (χ1) is 9.20. The van der Waals surface area contributed by atoms with Crippen LogP contribution in [0.3, 0.4) is 0 Å². The maximum atomic E-state index is 12.5. The minimum atomic E-state index is -0.0582. The number of nitrogens with zero attached hydrogens (tertiary/aromatic N) is 1. The largest absolute Gasteiger partial charge is 0.286 e. The lowest BCUT2D eigenvalue weighted by atomic mass is 10.0. The van der Waals surface area contributed by atoms with Gasteiger partial charge in [0.15, 0.2) is 5.01 Å². The number of aromatic nitrogens is 1. The lowest BCUT2D eigenvalue weighted by Crippen LogP contribution is -2.01. The van der Waals surface area contributed by atoms with Crippen LogP contribution in [-0.4, -0.2) is 10.8 Å². The smallest absolute Gasteiger partial charge is 0.221 e. The molecule has 1 heterocycles. The highest BCUT2D eigenvalue weighted by molar-refractivity contribution is 9.11. The molecular formula is C15H8BrNOS. The first-order valence-electron chi connectivity index (χ1n) is 5.67. The first kappa shape index (κ1) is 12.3. The molecule has 2 nitrogen and oxygen atoms in total. The molecule has 19 heavy (non-hydrogen) atoms. The standard InChI is InChI=1S/C15H8BrNOS/c1-2-12-14(16)19-15(17-12)13(18)11-8-7-9-5-3-4-6-10(9)11/h1,3-6,8H,7H2. The fourth-order valence-electron chi connectivity index (χ4n) is 2.10. The van der Waals surface area contributed by atoms with Crippen LogP contribution in [0.4, 0.5) is 0 Å². The number of hydrogen-bond donors (Lipinski definition) is 0. The molecule has 0 bridgehead atoms. The van der Waals surface area contributed by atoms with E-state index in [1.807, 2.05) is 30.3 Å². The van der Waals surface area contributed by atoms with Crippen molar-refractivity contribution >= 4 is 38.6 Å². The number of Topliss-reactive ketones (excluding diaryl/α,β-unsaturated/α-hetero) is 1. The summed E-state index contributed by atoms with van der Waals surface area (Å²) >= 11 is 4.61. The molecule has 92 valence electrons. The van der Waals surface area contributed by atoms with Crippen molar-refractivity contribution in [2.75, 3.05) is 0 Å². The highest BCUT2D eigenvalue weighted by atomic mass is 79.9. The van der Waals surface area contributed by atoms with E-state index in [1.165, 1.54) is 16.9 Å². The van der Waals surface area contributed by atoms with Gasteiger partial charge < -0.3 is 0 Å². The van der Waals surface area contributed by atoms with Gasteiger partial charge in [-0.15, -0.1) is 17.8 Å². The molecule has 0 N–H and O–H groups in total. The summed E-state index contributed by atoms with van der Waals surface area (Å²) in [7, 11) is 0. The molecule has 1 aromatic heterocycles. The van der Waals surface area contributed by atoms with Gasteiger partial charge in [-0.25, -0.2) is 4.98 Å². The fourth-order valence-corrected chi connectivity index (χ4v) is 3.47. The lowest BCUT2D eigenvalue weighted by molar-refractivity contribution is 0.105. The van der Waals surface area contributed by atoms with Gasteiger partial charge in [0.1, 0.15) is 9.48 Å². The molecule has 0 radical (unpaired) electrons. The van der Waals surface area contributed by atoms with Crippen LogP contribution in [0.1, 0.15) is 26.6 Å². The van der Waals surface area contributed by atoms with Gasteiger partial charge in [-0.1, -0.05) is 30.3 Å². The van der Waals surface area contributed by atoms with E-state index in [-0.39, 0.29) is 5.78 Å². The van der Waals surface area contributed by atoms with Crippen LogP contribution in [0.15, 0.2) is 34.1 Å². The second kappa shape index (κ2) is 4.76. The molecule has 0 saturated carbocycles. The number of halogens is 1. The summed E-state index contributed by atoms with van der Waals surface area (Å²) in [5.74, 6) is 2.40. The van der Waals surface area contributed by atoms with Crippen LogP contribution >= 0.6 is 27.3 Å². The SMILES string of the molecule is C#Cc1nc(C(=O)C2=CCc3ccccc32)sc1Br. The number of hydrogen-bond acceptors (Lipinski definition) is 3. The molecule has 0 aliphatic heterocycles. The van der Waals surface area contributed by atoms with E-state index < -0.39 is 0 Å². The average Bonchev–Trinajstić information content (AvgIpc) is 3.01. The number of benzene rings is 1. The van der Waals surface area contributed by atoms with Gasteiger partial charge in [-0.05, 0) is 39.4 Å². The molecule has 0 unspecified atom stereocenters. The Bertz CT molecular complexity index is 752. The topological polar surface area (TPSA) is 30.0 Å². The van der Waals surface area contributed by atoms with Crippen molar-refractivity contribution in [2.45, 2.75) is 6.42 Å². The third-order valence-corrected chi connectivity index (χ3v) is 4.70. The van der Waals surface area contributed by atoms with Gasteiger partial charge in [-0.3, -0.25) is 4.79 Å². The number of thiazole rings is 1. The van der Waals surface area contributed by atoms with Crippen LogP contribution < -0.4 is 0 Å². The average molecular weight is 330 g/mol. The van der Waals surface area contributed by atoms with E-state index in [0.717, 1.165) is 21.3 Å². The Labute approximate surface area is 123 Å². The molecule has 1 aromatic carbocycles. The Kier molecular flexibility index (Phi) is 3.09. The Balaban J connectivity index is 2.00. The molecule has 0 amide bonds. The van der Waals surface area contributed by atoms with Crippen LogP contribution in [0, 0.1) is 12.3 Å². The fraction of sp³-hybridized carbons (Fsp3) is 0.0667. The number of carbonyl (C=O) groups is 1. The van der Waals surface area contributed by atoms with Crippen LogP contribution in [0.5, 0.6) is 0 Å². The molecular weight excluding hydrogens is 322 g/mol. The van der Waals surface area contributed by atoms with Gasteiger partial charge >= 0.3 is 0 Å². The first-order valence-corrected chi connectivity index (χ1v) is 7.27. The Morgan fingerprint density at radius 2 is 2.21 bits per heavy atom. The van der Waals surface area contributed by atoms with Gasteiger partial charge in [0.25, 0.3) is 0 Å². The zero-order valence-corrected chi connectivity index (χ0v) is 12.2. The van der Waals surface area contributed by atoms with Crippen molar-refractivity contribution in [1.29, 1.82) is 0 Å². The van der Waals surface area contributed by atoms with E-state index in [1.54, 1.807) is 0 Å². The molecule has 0 fully saturated rings. The van der Waals surface area contributed by atoms with Crippen molar-refractivity contribution in [3.8, 4) is 12.3 Å². The van der Waals surface area contributed by atoms with Crippen molar-refractivity contribution in [2.24, 2.45) is 0 Å². The van der Waals surface area contributed by atoms with Crippen LogP contribution in [-0.2, 0) is 6.42 Å². The normalized spacial score (nSPS) is 12.7. The monoisotopic (exact) mass is 329 g/mol. The molecule has 1 aliphatic carbocycles. The summed E-state index contributed by atoms with van der Waals surface area (Å²) < 4.78 is 0.727. The lowest BCUT2D eigenvalue weighted by Gasteiger charge is -2.02. The molecule has 0 atom stereocenters. The number of fused-ring (bicyclic) bond motifs is 1. The number of allylic oxidation sites excluding steroid dienone is 2. The van der Waals surface area contributed by atoms with E-state index in [0.29, 0.717) is 10.7 Å². The summed E-state index contributed by atoms with van der Waals surface area (Å²) in [5.41, 5.74) is 3.39. The van der Waals surface area contributed by atoms with Gasteiger partial charge in [0.05, 0.1) is 0 Å². The van der Waals surface area contributed by atoms with E-state index >= 15 is 0 Å². The van der Waals surface area contributed by atoms with Crippen molar-refractivity contribution in [3.63, 3.8) is 0 Å². The molecule has 4 heteroatoms. The third kappa shape index (κ3) is 2.05. The Morgan fingerprint density at radius 1 is 1.42 bits per heavy atom. The Hall–Kier alpha value is -1.70. The molecule has 1 aliphatic rings. The summed E-state index contributed by atoms with van der Waals surface area (Å²) in [6.07, 6.45) is 8.09. The molecule has 0 saturated heterocycles. The number of rotatable bonds is 2. The predicted octanol–water partition coefficient (Wildman–Crippen LogP) is 3.71. The number of terminal acetylenes is 1. The minimum absolute atomic E-state index is 0.0582. The van der Waals surface area contributed by atoms with Crippen LogP contribution in [0.2, 0.25) is 0 Å². The van der Waals surface area contributed by atoms with Gasteiger partial charge in [0, 0.05) is 5.57 Å².